The highest BCUT2D eigenvalue weighted by atomic mass is 16.2. The number of amides is 2. The third-order valence-electron chi connectivity index (χ3n) is 4.43. The quantitative estimate of drug-likeness (QED) is 0.907. The summed E-state index contributed by atoms with van der Waals surface area (Å²) in [5, 5.41) is 3.03. The molecule has 2 amide bonds. The normalized spacial score (nSPS) is 17.5. The molecule has 22 heavy (non-hydrogen) atoms. The number of urea groups is 1. The summed E-state index contributed by atoms with van der Waals surface area (Å²) in [4.78, 5) is 16.5. The molecule has 1 heterocycles. The smallest absolute Gasteiger partial charge is 0.317 e. The van der Waals surface area contributed by atoms with Crippen LogP contribution >= 0.6 is 0 Å². The van der Waals surface area contributed by atoms with Gasteiger partial charge in [-0.25, -0.2) is 4.79 Å². The van der Waals surface area contributed by atoms with Crippen LogP contribution in [0.4, 0.5) is 4.79 Å². The summed E-state index contributed by atoms with van der Waals surface area (Å²) in [5.74, 6) is 0.629. The zero-order chi connectivity index (χ0) is 15.9. The standard InChI is InChI=1S/C18H29N3O/c1-15(2)9-10-19-18(22)21-13-11-20(12-14-21)16(3)17-7-5-4-6-8-17/h4-8,15-16H,9-14H2,1-3H3,(H,19,22). The van der Waals surface area contributed by atoms with Gasteiger partial charge in [0.15, 0.2) is 0 Å². The predicted octanol–water partition coefficient (Wildman–Crippen LogP) is 3.12. The predicted molar refractivity (Wildman–Crippen MR) is 90.9 cm³/mol. The van der Waals surface area contributed by atoms with E-state index in [1.807, 2.05) is 4.90 Å². The molecular formula is C18H29N3O. The molecule has 0 saturated carbocycles. The Balaban J connectivity index is 1.77. The van der Waals surface area contributed by atoms with Gasteiger partial charge < -0.3 is 10.2 Å². The Morgan fingerprint density at radius 2 is 1.73 bits per heavy atom. The summed E-state index contributed by atoms with van der Waals surface area (Å²) >= 11 is 0. The maximum Gasteiger partial charge on any atom is 0.317 e. The fourth-order valence-electron chi connectivity index (χ4n) is 2.83. The van der Waals surface area contributed by atoms with Crippen LogP contribution in [0.15, 0.2) is 30.3 Å². The molecule has 1 saturated heterocycles. The Labute approximate surface area is 134 Å². The average Bonchev–Trinajstić information content (AvgIpc) is 2.54. The van der Waals surface area contributed by atoms with Crippen molar-refractivity contribution in [3.8, 4) is 0 Å². The molecule has 0 radical (unpaired) electrons. The van der Waals surface area contributed by atoms with Crippen molar-refractivity contribution in [1.82, 2.24) is 15.1 Å². The summed E-state index contributed by atoms with van der Waals surface area (Å²) < 4.78 is 0. The van der Waals surface area contributed by atoms with E-state index >= 15 is 0 Å². The molecule has 1 atom stereocenters. The first-order valence-corrected chi connectivity index (χ1v) is 8.39. The molecule has 0 aromatic heterocycles. The number of nitrogens with one attached hydrogen (secondary N) is 1. The lowest BCUT2D eigenvalue weighted by molar-refractivity contribution is 0.114. The second kappa shape index (κ2) is 8.18. The molecule has 0 aliphatic carbocycles. The molecule has 1 aliphatic heterocycles. The van der Waals surface area contributed by atoms with Gasteiger partial charge in [-0.15, -0.1) is 0 Å². The van der Waals surface area contributed by atoms with Crippen molar-refractivity contribution in [2.45, 2.75) is 33.2 Å². The van der Waals surface area contributed by atoms with E-state index in [0.717, 1.165) is 39.1 Å². The van der Waals surface area contributed by atoms with Crippen LogP contribution in [-0.2, 0) is 0 Å². The Kier molecular flexibility index (Phi) is 6.25. The lowest BCUT2D eigenvalue weighted by Crippen LogP contribution is -2.52. The van der Waals surface area contributed by atoms with E-state index < -0.39 is 0 Å². The van der Waals surface area contributed by atoms with Gasteiger partial charge in [0.05, 0.1) is 0 Å². The van der Waals surface area contributed by atoms with Gasteiger partial charge >= 0.3 is 6.03 Å². The van der Waals surface area contributed by atoms with Gasteiger partial charge in [-0.2, -0.15) is 0 Å². The summed E-state index contributed by atoms with van der Waals surface area (Å²) in [5.41, 5.74) is 1.34. The number of nitrogens with zero attached hydrogens (tertiary/aromatic N) is 2. The van der Waals surface area contributed by atoms with Crippen molar-refractivity contribution in [3.63, 3.8) is 0 Å². The SMILES string of the molecule is CC(C)CCNC(=O)N1CCN(C(C)c2ccccc2)CC1. The highest BCUT2D eigenvalue weighted by Crippen LogP contribution is 2.21. The van der Waals surface area contributed by atoms with E-state index in [0.29, 0.717) is 12.0 Å². The number of hydrogen-bond donors (Lipinski definition) is 1. The first-order valence-electron chi connectivity index (χ1n) is 8.39. The maximum absolute atomic E-state index is 12.1. The highest BCUT2D eigenvalue weighted by Gasteiger charge is 2.24. The van der Waals surface area contributed by atoms with Crippen molar-refractivity contribution in [2.75, 3.05) is 32.7 Å². The minimum atomic E-state index is 0.0904. The first-order chi connectivity index (χ1) is 10.6. The maximum atomic E-state index is 12.1. The monoisotopic (exact) mass is 303 g/mol. The second-order valence-corrected chi connectivity index (χ2v) is 6.52. The lowest BCUT2D eigenvalue weighted by atomic mass is 10.1. The van der Waals surface area contributed by atoms with Crippen molar-refractivity contribution in [2.24, 2.45) is 5.92 Å². The zero-order valence-electron chi connectivity index (χ0n) is 14.1. The average molecular weight is 303 g/mol. The van der Waals surface area contributed by atoms with Gasteiger partial charge in [-0.1, -0.05) is 44.2 Å². The summed E-state index contributed by atoms with van der Waals surface area (Å²) in [6.45, 7) is 10.9. The molecule has 122 valence electrons. The van der Waals surface area contributed by atoms with Crippen LogP contribution < -0.4 is 5.32 Å². The van der Waals surface area contributed by atoms with E-state index in [9.17, 15) is 4.79 Å². The van der Waals surface area contributed by atoms with Gasteiger partial charge in [0, 0.05) is 38.8 Å². The van der Waals surface area contributed by atoms with Gasteiger partial charge in [-0.3, -0.25) is 4.90 Å². The number of piperazine rings is 1. The van der Waals surface area contributed by atoms with E-state index in [4.69, 9.17) is 0 Å². The molecule has 1 aromatic carbocycles. The van der Waals surface area contributed by atoms with Crippen LogP contribution in [0, 0.1) is 5.92 Å². The number of hydrogen-bond acceptors (Lipinski definition) is 2. The van der Waals surface area contributed by atoms with Gasteiger partial charge in [0.25, 0.3) is 0 Å². The third kappa shape index (κ3) is 4.73. The second-order valence-electron chi connectivity index (χ2n) is 6.52. The van der Waals surface area contributed by atoms with Crippen LogP contribution in [0.1, 0.15) is 38.8 Å². The van der Waals surface area contributed by atoms with Crippen LogP contribution in [0.25, 0.3) is 0 Å². The van der Waals surface area contributed by atoms with Crippen molar-refractivity contribution < 1.29 is 4.79 Å². The van der Waals surface area contributed by atoms with Gasteiger partial charge in [0.1, 0.15) is 0 Å². The minimum Gasteiger partial charge on any atom is -0.338 e. The topological polar surface area (TPSA) is 35.6 Å². The first kappa shape index (κ1) is 16.8. The van der Waals surface area contributed by atoms with Crippen LogP contribution in [0.5, 0.6) is 0 Å². The van der Waals surface area contributed by atoms with Gasteiger partial charge in [0.2, 0.25) is 0 Å². The van der Waals surface area contributed by atoms with Gasteiger partial charge in [-0.05, 0) is 24.8 Å². The van der Waals surface area contributed by atoms with Crippen LogP contribution in [0.2, 0.25) is 0 Å². The summed E-state index contributed by atoms with van der Waals surface area (Å²) in [6.07, 6.45) is 1.04. The molecule has 4 heteroatoms. The third-order valence-corrected chi connectivity index (χ3v) is 4.43. The Morgan fingerprint density at radius 1 is 1.09 bits per heavy atom. The van der Waals surface area contributed by atoms with E-state index in [1.165, 1.54) is 5.56 Å². The number of carbonyl (C=O) groups is 1. The number of rotatable bonds is 5. The molecule has 1 aliphatic rings. The molecule has 4 nitrogen and oxygen atoms in total. The van der Waals surface area contributed by atoms with Crippen molar-refractivity contribution >= 4 is 6.03 Å². The molecular weight excluding hydrogens is 274 g/mol. The van der Waals surface area contributed by atoms with Crippen molar-refractivity contribution in [1.29, 1.82) is 0 Å². The Morgan fingerprint density at radius 3 is 2.32 bits per heavy atom. The molecule has 1 unspecified atom stereocenters. The Hall–Kier alpha value is -1.55. The molecule has 2 rings (SSSR count). The molecule has 0 bridgehead atoms. The molecule has 0 spiro atoms. The molecule has 1 aromatic rings. The van der Waals surface area contributed by atoms with E-state index in [2.05, 4.69) is 61.3 Å². The minimum absolute atomic E-state index is 0.0904. The van der Waals surface area contributed by atoms with Crippen molar-refractivity contribution in [3.05, 3.63) is 35.9 Å². The van der Waals surface area contributed by atoms with E-state index in [-0.39, 0.29) is 6.03 Å². The number of carbonyl (C=O) groups excluding carboxylic acids is 1. The largest absolute Gasteiger partial charge is 0.338 e. The van der Waals surface area contributed by atoms with Crippen LogP contribution in [0.3, 0.4) is 0 Å². The summed E-state index contributed by atoms with van der Waals surface area (Å²) in [7, 11) is 0. The number of benzene rings is 1. The van der Waals surface area contributed by atoms with E-state index in [1.54, 1.807) is 0 Å². The zero-order valence-corrected chi connectivity index (χ0v) is 14.1. The van der Waals surface area contributed by atoms with Crippen LogP contribution in [-0.4, -0.2) is 48.6 Å². The fraction of sp³-hybridized carbons (Fsp3) is 0.611. The summed E-state index contributed by atoms with van der Waals surface area (Å²) in [6, 6.07) is 11.1. The molecule has 1 N–H and O–H groups in total. The highest BCUT2D eigenvalue weighted by molar-refractivity contribution is 5.74. The Bertz CT molecular complexity index is 453. The lowest BCUT2D eigenvalue weighted by Gasteiger charge is -2.38. The fourth-order valence-corrected chi connectivity index (χ4v) is 2.83. The molecule has 1 fully saturated rings.